The highest BCUT2D eigenvalue weighted by Gasteiger charge is 2.36. The fourth-order valence-electron chi connectivity index (χ4n) is 1.95. The van der Waals surface area contributed by atoms with Gasteiger partial charge in [0.1, 0.15) is 12.4 Å². The molecule has 0 amide bonds. The summed E-state index contributed by atoms with van der Waals surface area (Å²) in [6, 6.07) is 4.12. The van der Waals surface area contributed by atoms with E-state index in [2.05, 4.69) is 0 Å². The summed E-state index contributed by atoms with van der Waals surface area (Å²) in [4.78, 5) is 11.2. The van der Waals surface area contributed by atoms with E-state index in [1.54, 1.807) is 30.3 Å². The number of halogens is 3. The highest BCUT2D eigenvalue weighted by atomic mass is 19.4. The minimum Gasteiger partial charge on any atom is -0.298 e. The monoisotopic (exact) mass is 269 g/mol. The molecule has 0 saturated heterocycles. The molecule has 0 N–H and O–H groups in total. The average molecular weight is 269 g/mol. The zero-order valence-electron chi connectivity index (χ0n) is 10.1. The molecule has 19 heavy (non-hydrogen) atoms. The number of hydrogen-bond donors (Lipinski definition) is 0. The fraction of sp³-hybridized carbons (Fsp3) is 0.231. The molecule has 6 heteroatoms. The lowest BCUT2D eigenvalue weighted by Gasteiger charge is -2.15. The summed E-state index contributed by atoms with van der Waals surface area (Å²) >= 11 is 0. The number of aryl methyl sites for hydroxylation is 1. The van der Waals surface area contributed by atoms with Gasteiger partial charge in [-0.3, -0.25) is 4.79 Å². The van der Waals surface area contributed by atoms with Crippen molar-refractivity contribution in [3.63, 3.8) is 0 Å². The second-order valence-electron chi connectivity index (χ2n) is 4.19. The van der Waals surface area contributed by atoms with Crippen molar-refractivity contribution < 1.29 is 22.5 Å². The average Bonchev–Trinajstić information content (AvgIpc) is 2.76. The minimum atomic E-state index is -4.48. The number of alkyl halides is 3. The molecule has 3 nitrogen and oxygen atoms in total. The van der Waals surface area contributed by atoms with E-state index in [1.807, 2.05) is 0 Å². The van der Waals surface area contributed by atoms with Crippen LogP contribution in [0.25, 0.3) is 0 Å². The molecule has 0 saturated carbocycles. The number of imidazole rings is 1. The van der Waals surface area contributed by atoms with E-state index in [0.29, 0.717) is 6.29 Å². The molecule has 1 heterocycles. The van der Waals surface area contributed by atoms with Gasteiger partial charge in [-0.2, -0.15) is 13.2 Å². The van der Waals surface area contributed by atoms with Crippen LogP contribution >= 0.6 is 0 Å². The lowest BCUT2D eigenvalue weighted by Crippen LogP contribution is -2.25. The largest absolute Gasteiger partial charge is 0.416 e. The summed E-state index contributed by atoms with van der Waals surface area (Å²) in [6.07, 6.45) is 0.808. The molecule has 0 aliphatic rings. The van der Waals surface area contributed by atoms with Crippen LogP contribution in [0.5, 0.6) is 0 Å². The molecule has 2 aromatic rings. The predicted molar refractivity (Wildman–Crippen MR) is 61.3 cm³/mol. The SMILES string of the molecule is C[n+]1ccn(C(C=O)c2ccccc2C(F)(F)F)c1. The molecule has 1 aromatic heterocycles. The smallest absolute Gasteiger partial charge is 0.298 e. The number of aldehydes is 1. The summed E-state index contributed by atoms with van der Waals surface area (Å²) in [5, 5.41) is 0. The van der Waals surface area contributed by atoms with Gasteiger partial charge in [0, 0.05) is 5.56 Å². The van der Waals surface area contributed by atoms with Gasteiger partial charge in [-0.15, -0.1) is 0 Å². The number of nitrogens with zero attached hydrogens (tertiary/aromatic N) is 2. The Hall–Kier alpha value is -2.11. The van der Waals surface area contributed by atoms with E-state index in [0.717, 1.165) is 6.07 Å². The third-order valence-corrected chi connectivity index (χ3v) is 2.82. The second-order valence-corrected chi connectivity index (χ2v) is 4.19. The van der Waals surface area contributed by atoms with Gasteiger partial charge in [0.05, 0.1) is 12.6 Å². The van der Waals surface area contributed by atoms with E-state index in [4.69, 9.17) is 0 Å². The van der Waals surface area contributed by atoms with Crippen LogP contribution in [0.2, 0.25) is 0 Å². The van der Waals surface area contributed by atoms with Crippen LogP contribution in [-0.2, 0) is 18.0 Å². The third kappa shape index (κ3) is 2.67. The lowest BCUT2D eigenvalue weighted by atomic mass is 10.0. The van der Waals surface area contributed by atoms with Gasteiger partial charge in [0.15, 0.2) is 12.3 Å². The number of hydrogen-bond acceptors (Lipinski definition) is 1. The molecule has 1 unspecified atom stereocenters. The quantitative estimate of drug-likeness (QED) is 0.619. The first-order chi connectivity index (χ1) is 8.93. The molecule has 0 aliphatic heterocycles. The van der Waals surface area contributed by atoms with Crippen LogP contribution in [0.3, 0.4) is 0 Å². The Labute approximate surface area is 107 Å². The van der Waals surface area contributed by atoms with Gasteiger partial charge >= 0.3 is 6.18 Å². The molecule has 2 rings (SSSR count). The topological polar surface area (TPSA) is 25.9 Å². The van der Waals surface area contributed by atoms with Crippen LogP contribution < -0.4 is 4.57 Å². The van der Waals surface area contributed by atoms with Crippen LogP contribution in [0.1, 0.15) is 17.2 Å². The molecular formula is C13H12F3N2O+. The summed E-state index contributed by atoms with van der Waals surface area (Å²) in [5.41, 5.74) is -0.843. The standard InChI is InChI=1S/C13H12F3N2O/c1-17-6-7-18(9-17)12(8-19)10-4-2-3-5-11(10)13(14,15)16/h2-9,12H,1H3/q+1. The van der Waals surface area contributed by atoms with E-state index >= 15 is 0 Å². The molecule has 0 spiro atoms. The van der Waals surface area contributed by atoms with Gasteiger partial charge < -0.3 is 0 Å². The Morgan fingerprint density at radius 3 is 2.53 bits per heavy atom. The molecule has 100 valence electrons. The Morgan fingerprint density at radius 2 is 2.00 bits per heavy atom. The maximum absolute atomic E-state index is 12.9. The molecule has 0 aliphatic carbocycles. The van der Waals surface area contributed by atoms with Crippen molar-refractivity contribution in [1.82, 2.24) is 4.57 Å². The van der Waals surface area contributed by atoms with Crippen molar-refractivity contribution >= 4 is 6.29 Å². The maximum atomic E-state index is 12.9. The molecule has 0 bridgehead atoms. The van der Waals surface area contributed by atoms with Crippen molar-refractivity contribution in [3.8, 4) is 0 Å². The van der Waals surface area contributed by atoms with Crippen molar-refractivity contribution in [3.05, 3.63) is 54.1 Å². The number of rotatable bonds is 3. The van der Waals surface area contributed by atoms with Crippen molar-refractivity contribution in [1.29, 1.82) is 0 Å². The van der Waals surface area contributed by atoms with Gasteiger partial charge in [-0.1, -0.05) is 18.2 Å². The molecule has 1 atom stereocenters. The Bertz CT molecular complexity index is 590. The summed E-state index contributed by atoms with van der Waals surface area (Å²) in [6.45, 7) is 0. The van der Waals surface area contributed by atoms with Crippen molar-refractivity contribution in [2.75, 3.05) is 0 Å². The molecule has 1 aromatic carbocycles. The Morgan fingerprint density at radius 1 is 1.32 bits per heavy atom. The molecule has 0 radical (unpaired) electrons. The van der Waals surface area contributed by atoms with Crippen molar-refractivity contribution in [2.45, 2.75) is 12.2 Å². The van der Waals surface area contributed by atoms with Gasteiger partial charge in [0.25, 0.3) is 0 Å². The Balaban J connectivity index is 2.53. The first-order valence-corrected chi connectivity index (χ1v) is 5.57. The maximum Gasteiger partial charge on any atom is 0.416 e. The molecular weight excluding hydrogens is 257 g/mol. The van der Waals surface area contributed by atoms with E-state index in [-0.39, 0.29) is 5.56 Å². The van der Waals surface area contributed by atoms with Crippen LogP contribution in [0.15, 0.2) is 43.0 Å². The number of carbonyl (C=O) groups excluding carboxylic acids is 1. The van der Waals surface area contributed by atoms with E-state index in [1.165, 1.54) is 22.8 Å². The second kappa shape index (κ2) is 4.87. The molecule has 0 fully saturated rings. The highest BCUT2D eigenvalue weighted by molar-refractivity contribution is 5.63. The minimum absolute atomic E-state index is 0.0544. The Kier molecular flexibility index (Phi) is 3.42. The van der Waals surface area contributed by atoms with Crippen molar-refractivity contribution in [2.24, 2.45) is 7.05 Å². The van der Waals surface area contributed by atoms with Crippen LogP contribution in [0, 0.1) is 0 Å². The van der Waals surface area contributed by atoms with Crippen LogP contribution in [0.4, 0.5) is 13.2 Å². The van der Waals surface area contributed by atoms with Crippen LogP contribution in [-0.4, -0.2) is 10.9 Å². The summed E-state index contributed by atoms with van der Waals surface area (Å²) in [7, 11) is 1.73. The summed E-state index contributed by atoms with van der Waals surface area (Å²) in [5.74, 6) is 0. The van der Waals surface area contributed by atoms with E-state index in [9.17, 15) is 18.0 Å². The zero-order valence-corrected chi connectivity index (χ0v) is 10.1. The fourth-order valence-corrected chi connectivity index (χ4v) is 1.95. The predicted octanol–water partition coefficient (Wildman–Crippen LogP) is 2.12. The van der Waals surface area contributed by atoms with E-state index < -0.39 is 17.8 Å². The number of carbonyl (C=O) groups is 1. The van der Waals surface area contributed by atoms with Gasteiger partial charge in [-0.25, -0.2) is 9.13 Å². The summed E-state index contributed by atoms with van der Waals surface area (Å²) < 4.78 is 41.9. The number of aromatic nitrogens is 2. The van der Waals surface area contributed by atoms with Gasteiger partial charge in [0.2, 0.25) is 6.33 Å². The number of benzene rings is 1. The highest BCUT2D eigenvalue weighted by Crippen LogP contribution is 2.34. The normalized spacial score (nSPS) is 13.3. The van der Waals surface area contributed by atoms with Gasteiger partial charge in [-0.05, 0) is 6.07 Å². The zero-order chi connectivity index (χ0) is 14.0. The lowest BCUT2D eigenvalue weighted by molar-refractivity contribution is -0.671. The third-order valence-electron chi connectivity index (χ3n) is 2.82. The first kappa shape index (κ1) is 13.3. The first-order valence-electron chi connectivity index (χ1n) is 5.57.